The van der Waals surface area contributed by atoms with Crippen LogP contribution in [0.5, 0.6) is 0 Å². The Morgan fingerprint density at radius 2 is 1.86 bits per heavy atom. The Labute approximate surface area is 169 Å². The van der Waals surface area contributed by atoms with E-state index in [-0.39, 0.29) is 17.5 Å². The Morgan fingerprint density at radius 3 is 2.59 bits per heavy atom. The summed E-state index contributed by atoms with van der Waals surface area (Å²) >= 11 is 0. The smallest absolute Gasteiger partial charge is 0.257 e. The number of benzene rings is 1. The molecule has 0 bridgehead atoms. The molecule has 3 rings (SSSR count). The van der Waals surface area contributed by atoms with Gasteiger partial charge < -0.3 is 15.5 Å². The lowest BCUT2D eigenvalue weighted by atomic mass is 10.2. The molecule has 0 radical (unpaired) electrons. The molecule has 0 atom stereocenters. The van der Waals surface area contributed by atoms with E-state index in [0.29, 0.717) is 50.6 Å². The van der Waals surface area contributed by atoms with Crippen LogP contribution in [0, 0.1) is 5.82 Å². The molecular formula is C21H26FN5O2. The first-order valence-corrected chi connectivity index (χ1v) is 9.83. The zero-order valence-electron chi connectivity index (χ0n) is 16.5. The Kier molecular flexibility index (Phi) is 7.13. The summed E-state index contributed by atoms with van der Waals surface area (Å²) in [4.78, 5) is 32.9. The molecular weight excluding hydrogens is 373 g/mol. The van der Waals surface area contributed by atoms with Gasteiger partial charge in [-0.15, -0.1) is 0 Å². The van der Waals surface area contributed by atoms with Gasteiger partial charge >= 0.3 is 0 Å². The average Bonchev–Trinajstić information content (AvgIpc) is 2.74. The Hall–Kier alpha value is -3.00. The topological polar surface area (TPSA) is 77.6 Å². The maximum Gasteiger partial charge on any atom is 0.257 e. The fourth-order valence-electron chi connectivity index (χ4n) is 3.17. The van der Waals surface area contributed by atoms with Crippen molar-refractivity contribution in [1.82, 2.24) is 20.1 Å². The molecule has 1 saturated heterocycles. The molecule has 2 heterocycles. The summed E-state index contributed by atoms with van der Waals surface area (Å²) in [6, 6.07) is 9.64. The highest BCUT2D eigenvalue weighted by Crippen LogP contribution is 2.22. The van der Waals surface area contributed by atoms with Crippen molar-refractivity contribution < 1.29 is 14.0 Å². The number of pyridine rings is 1. The van der Waals surface area contributed by atoms with Crippen LogP contribution in [0.2, 0.25) is 0 Å². The zero-order valence-corrected chi connectivity index (χ0v) is 16.5. The number of aromatic nitrogens is 1. The molecule has 154 valence electrons. The summed E-state index contributed by atoms with van der Waals surface area (Å²) in [6.07, 6.45) is 2.47. The van der Waals surface area contributed by atoms with Gasteiger partial charge in [-0.1, -0.05) is 19.1 Å². The number of rotatable bonds is 7. The molecule has 0 unspecified atom stereocenters. The van der Waals surface area contributed by atoms with Gasteiger partial charge in [0, 0.05) is 38.9 Å². The summed E-state index contributed by atoms with van der Waals surface area (Å²) in [6.45, 7) is 5.33. The van der Waals surface area contributed by atoms with Crippen LogP contribution in [-0.4, -0.2) is 65.9 Å². The maximum atomic E-state index is 14.0. The Morgan fingerprint density at radius 1 is 1.10 bits per heavy atom. The van der Waals surface area contributed by atoms with Gasteiger partial charge in [-0.25, -0.2) is 9.37 Å². The van der Waals surface area contributed by atoms with Crippen LogP contribution in [0.15, 0.2) is 42.6 Å². The van der Waals surface area contributed by atoms with Crippen LogP contribution in [0.3, 0.4) is 0 Å². The highest BCUT2D eigenvalue weighted by atomic mass is 19.1. The monoisotopic (exact) mass is 399 g/mol. The van der Waals surface area contributed by atoms with Crippen molar-refractivity contribution in [2.75, 3.05) is 44.6 Å². The minimum absolute atomic E-state index is 0.00950. The largest absolute Gasteiger partial charge is 0.355 e. The number of halogens is 1. The molecule has 0 aliphatic carbocycles. The number of piperazine rings is 1. The molecule has 1 aromatic carbocycles. The predicted molar refractivity (Wildman–Crippen MR) is 110 cm³/mol. The van der Waals surface area contributed by atoms with E-state index in [4.69, 9.17) is 0 Å². The number of anilines is 2. The first-order chi connectivity index (χ1) is 14.1. The minimum atomic E-state index is -0.411. The van der Waals surface area contributed by atoms with Crippen molar-refractivity contribution >= 4 is 23.3 Å². The van der Waals surface area contributed by atoms with E-state index in [1.807, 2.05) is 11.8 Å². The maximum absolute atomic E-state index is 14.0. The van der Waals surface area contributed by atoms with E-state index in [2.05, 4.69) is 15.6 Å². The highest BCUT2D eigenvalue weighted by molar-refractivity contribution is 5.99. The van der Waals surface area contributed by atoms with Crippen molar-refractivity contribution in [3.63, 3.8) is 0 Å². The lowest BCUT2D eigenvalue weighted by molar-refractivity contribution is -0.122. The van der Waals surface area contributed by atoms with Gasteiger partial charge in [0.25, 0.3) is 5.91 Å². The average molecular weight is 399 g/mol. The standard InChI is InChI=1S/C21H26FN5O2/c1-2-9-23-19(28)15-26-11-13-27(14-12-26)21(29)16-6-5-10-24-20(16)25-18-8-4-3-7-17(18)22/h3-8,10H,2,9,11-15H2,1H3,(H,23,28)(H,24,25). The molecule has 8 heteroatoms. The number of carbonyl (C=O) groups excluding carboxylic acids is 2. The molecule has 1 aliphatic heterocycles. The fraction of sp³-hybridized carbons (Fsp3) is 0.381. The van der Waals surface area contributed by atoms with E-state index in [9.17, 15) is 14.0 Å². The van der Waals surface area contributed by atoms with Gasteiger partial charge in [-0.2, -0.15) is 0 Å². The van der Waals surface area contributed by atoms with E-state index in [1.165, 1.54) is 6.07 Å². The summed E-state index contributed by atoms with van der Waals surface area (Å²) < 4.78 is 14.0. The van der Waals surface area contributed by atoms with Crippen molar-refractivity contribution in [1.29, 1.82) is 0 Å². The van der Waals surface area contributed by atoms with Gasteiger partial charge in [0.2, 0.25) is 5.91 Å². The molecule has 2 amide bonds. The second-order valence-electron chi connectivity index (χ2n) is 6.92. The molecule has 29 heavy (non-hydrogen) atoms. The second kappa shape index (κ2) is 9.97. The fourth-order valence-corrected chi connectivity index (χ4v) is 3.17. The van der Waals surface area contributed by atoms with E-state index in [1.54, 1.807) is 41.4 Å². The zero-order chi connectivity index (χ0) is 20.6. The van der Waals surface area contributed by atoms with Crippen LogP contribution < -0.4 is 10.6 Å². The van der Waals surface area contributed by atoms with Crippen LogP contribution in [0.4, 0.5) is 15.9 Å². The van der Waals surface area contributed by atoms with Crippen LogP contribution >= 0.6 is 0 Å². The number of hydrogen-bond acceptors (Lipinski definition) is 5. The first-order valence-electron chi connectivity index (χ1n) is 9.83. The second-order valence-corrected chi connectivity index (χ2v) is 6.92. The van der Waals surface area contributed by atoms with Gasteiger partial charge in [-0.05, 0) is 30.7 Å². The summed E-state index contributed by atoms with van der Waals surface area (Å²) in [5, 5.41) is 5.78. The van der Waals surface area contributed by atoms with Crippen molar-refractivity contribution in [3.8, 4) is 0 Å². The number of carbonyl (C=O) groups is 2. The molecule has 1 fully saturated rings. The number of nitrogens with one attached hydrogen (secondary N) is 2. The summed E-state index contributed by atoms with van der Waals surface area (Å²) in [5.41, 5.74) is 0.660. The third kappa shape index (κ3) is 5.51. The van der Waals surface area contributed by atoms with Gasteiger partial charge in [0.15, 0.2) is 0 Å². The first kappa shape index (κ1) is 20.7. The predicted octanol–water partition coefficient (Wildman–Crippen LogP) is 2.25. The third-order valence-electron chi connectivity index (χ3n) is 4.76. The summed E-state index contributed by atoms with van der Waals surface area (Å²) in [5.74, 6) is -0.238. The molecule has 7 nitrogen and oxygen atoms in total. The Balaban J connectivity index is 1.62. The molecule has 2 aromatic rings. The molecule has 1 aromatic heterocycles. The van der Waals surface area contributed by atoms with Crippen molar-refractivity contribution in [3.05, 3.63) is 54.0 Å². The lowest BCUT2D eigenvalue weighted by Crippen LogP contribution is -2.51. The number of nitrogens with zero attached hydrogens (tertiary/aromatic N) is 3. The van der Waals surface area contributed by atoms with Crippen LogP contribution in [0.25, 0.3) is 0 Å². The molecule has 0 spiro atoms. The molecule has 1 aliphatic rings. The molecule has 0 saturated carbocycles. The number of amides is 2. The van der Waals surface area contributed by atoms with Crippen molar-refractivity contribution in [2.24, 2.45) is 0 Å². The SMILES string of the molecule is CCCNC(=O)CN1CCN(C(=O)c2cccnc2Nc2ccccc2F)CC1. The van der Waals surface area contributed by atoms with Crippen LogP contribution in [0.1, 0.15) is 23.7 Å². The number of para-hydroxylation sites is 1. The quantitative estimate of drug-likeness (QED) is 0.747. The van der Waals surface area contributed by atoms with E-state index in [0.717, 1.165) is 6.42 Å². The molecule has 2 N–H and O–H groups in total. The van der Waals surface area contributed by atoms with Gasteiger partial charge in [0.05, 0.1) is 17.8 Å². The van der Waals surface area contributed by atoms with E-state index < -0.39 is 5.82 Å². The minimum Gasteiger partial charge on any atom is -0.355 e. The number of hydrogen-bond donors (Lipinski definition) is 2. The Bertz CT molecular complexity index is 852. The third-order valence-corrected chi connectivity index (χ3v) is 4.76. The lowest BCUT2D eigenvalue weighted by Gasteiger charge is -2.34. The van der Waals surface area contributed by atoms with Crippen molar-refractivity contribution in [2.45, 2.75) is 13.3 Å². The normalized spacial score (nSPS) is 14.5. The van der Waals surface area contributed by atoms with Gasteiger partial charge in [0.1, 0.15) is 11.6 Å². The van der Waals surface area contributed by atoms with Gasteiger partial charge in [-0.3, -0.25) is 14.5 Å². The summed E-state index contributed by atoms with van der Waals surface area (Å²) in [7, 11) is 0. The van der Waals surface area contributed by atoms with E-state index >= 15 is 0 Å². The highest BCUT2D eigenvalue weighted by Gasteiger charge is 2.25. The van der Waals surface area contributed by atoms with Crippen LogP contribution in [-0.2, 0) is 4.79 Å².